The molecule has 4 rings (SSSR count). The highest BCUT2D eigenvalue weighted by Gasteiger charge is 2.17. The third kappa shape index (κ3) is 5.18. The number of fused-ring (bicyclic) bond motifs is 1. The Hall–Kier alpha value is -3.36. The van der Waals surface area contributed by atoms with E-state index in [2.05, 4.69) is 15.1 Å². The van der Waals surface area contributed by atoms with Crippen LogP contribution in [0.5, 0.6) is 11.5 Å². The first-order valence-electron chi connectivity index (χ1n) is 10.0. The fraction of sp³-hybridized carbons (Fsp3) is 0.217. The standard InChI is InChI=1S/C23H19Cl2N3O5/c1-3-30-18-7-5-4-6-15(18)23-27-19(33-28-23)11-31-20(29)12-32-22-17(25)10-16(24)14-9-8-13(2)26-21(14)22/h4-10H,3,11-12H2,1-2H3. The molecule has 0 aliphatic heterocycles. The molecule has 2 heterocycles. The number of hydrogen-bond acceptors (Lipinski definition) is 8. The SMILES string of the molecule is CCOc1ccccc1-c1noc(COC(=O)COc2c(Cl)cc(Cl)c3ccc(C)nc23)n1. The van der Waals surface area contributed by atoms with E-state index in [0.717, 1.165) is 5.69 Å². The van der Waals surface area contributed by atoms with Gasteiger partial charge in [-0.2, -0.15) is 4.98 Å². The zero-order valence-electron chi connectivity index (χ0n) is 17.8. The van der Waals surface area contributed by atoms with Crippen LogP contribution in [0.1, 0.15) is 18.5 Å². The molecule has 33 heavy (non-hydrogen) atoms. The van der Waals surface area contributed by atoms with Crippen LogP contribution in [0.4, 0.5) is 0 Å². The second-order valence-corrected chi connectivity index (χ2v) is 7.72. The Labute approximate surface area is 199 Å². The Kier molecular flexibility index (Phi) is 6.96. The van der Waals surface area contributed by atoms with Crippen LogP contribution in [0.2, 0.25) is 10.0 Å². The van der Waals surface area contributed by atoms with Crippen molar-refractivity contribution in [3.05, 3.63) is 64.1 Å². The van der Waals surface area contributed by atoms with Crippen LogP contribution < -0.4 is 9.47 Å². The molecule has 0 fully saturated rings. The van der Waals surface area contributed by atoms with Gasteiger partial charge in [-0.1, -0.05) is 40.5 Å². The lowest BCUT2D eigenvalue weighted by atomic mass is 10.2. The highest BCUT2D eigenvalue weighted by atomic mass is 35.5. The Morgan fingerprint density at radius 1 is 1.06 bits per heavy atom. The van der Waals surface area contributed by atoms with Crippen LogP contribution >= 0.6 is 23.2 Å². The number of ether oxygens (including phenoxy) is 3. The lowest BCUT2D eigenvalue weighted by molar-refractivity contribution is -0.148. The van der Waals surface area contributed by atoms with Crippen molar-refractivity contribution in [3.8, 4) is 22.9 Å². The summed E-state index contributed by atoms with van der Waals surface area (Å²) >= 11 is 12.5. The molecule has 4 aromatic rings. The first-order valence-corrected chi connectivity index (χ1v) is 10.8. The summed E-state index contributed by atoms with van der Waals surface area (Å²) in [5.74, 6) is 0.716. The van der Waals surface area contributed by atoms with Crippen molar-refractivity contribution in [2.45, 2.75) is 20.5 Å². The van der Waals surface area contributed by atoms with Crippen LogP contribution in [-0.4, -0.2) is 34.3 Å². The van der Waals surface area contributed by atoms with E-state index in [1.165, 1.54) is 0 Å². The van der Waals surface area contributed by atoms with Crippen molar-refractivity contribution in [3.63, 3.8) is 0 Å². The summed E-state index contributed by atoms with van der Waals surface area (Å²) in [5.41, 5.74) is 1.90. The summed E-state index contributed by atoms with van der Waals surface area (Å²) in [7, 11) is 0. The second-order valence-electron chi connectivity index (χ2n) is 6.91. The maximum absolute atomic E-state index is 12.2. The van der Waals surface area contributed by atoms with Crippen LogP contribution in [0, 0.1) is 6.92 Å². The lowest BCUT2D eigenvalue weighted by Gasteiger charge is -2.11. The molecule has 0 unspecified atom stereocenters. The molecule has 0 aliphatic rings. The molecule has 0 aliphatic carbocycles. The molecule has 0 atom stereocenters. The van der Waals surface area contributed by atoms with E-state index >= 15 is 0 Å². The van der Waals surface area contributed by atoms with E-state index in [0.29, 0.717) is 39.7 Å². The van der Waals surface area contributed by atoms with E-state index in [-0.39, 0.29) is 29.9 Å². The summed E-state index contributed by atoms with van der Waals surface area (Å²) in [6.45, 7) is 3.62. The summed E-state index contributed by atoms with van der Waals surface area (Å²) in [5, 5.41) is 5.29. The van der Waals surface area contributed by atoms with Crippen molar-refractivity contribution < 1.29 is 23.5 Å². The van der Waals surface area contributed by atoms with Crippen molar-refractivity contribution in [1.82, 2.24) is 15.1 Å². The Balaban J connectivity index is 1.40. The van der Waals surface area contributed by atoms with Crippen LogP contribution in [0.3, 0.4) is 0 Å². The highest BCUT2D eigenvalue weighted by molar-refractivity contribution is 6.39. The van der Waals surface area contributed by atoms with E-state index in [4.69, 9.17) is 41.9 Å². The normalized spacial score (nSPS) is 10.9. The van der Waals surface area contributed by atoms with E-state index in [9.17, 15) is 4.79 Å². The summed E-state index contributed by atoms with van der Waals surface area (Å²) in [4.78, 5) is 20.9. The van der Waals surface area contributed by atoms with Crippen molar-refractivity contribution in [2.75, 3.05) is 13.2 Å². The van der Waals surface area contributed by atoms with Gasteiger partial charge in [-0.25, -0.2) is 9.78 Å². The maximum atomic E-state index is 12.2. The highest BCUT2D eigenvalue weighted by Crippen LogP contribution is 2.37. The second kappa shape index (κ2) is 10.1. The van der Waals surface area contributed by atoms with Gasteiger partial charge in [-0.15, -0.1) is 0 Å². The van der Waals surface area contributed by atoms with Gasteiger partial charge in [0.25, 0.3) is 5.89 Å². The van der Waals surface area contributed by atoms with E-state index in [1.807, 2.05) is 50.2 Å². The zero-order chi connectivity index (χ0) is 23.4. The molecule has 0 saturated heterocycles. The molecule has 8 nitrogen and oxygen atoms in total. The Morgan fingerprint density at radius 3 is 2.70 bits per heavy atom. The number of nitrogens with zero attached hydrogens (tertiary/aromatic N) is 3. The Morgan fingerprint density at radius 2 is 1.88 bits per heavy atom. The number of halogens is 2. The molecular formula is C23H19Cl2N3O5. The molecule has 0 radical (unpaired) electrons. The fourth-order valence-electron chi connectivity index (χ4n) is 3.10. The third-order valence-corrected chi connectivity index (χ3v) is 5.16. The number of aromatic nitrogens is 3. The topological polar surface area (TPSA) is 96.6 Å². The summed E-state index contributed by atoms with van der Waals surface area (Å²) in [6.07, 6.45) is 0. The molecule has 0 amide bonds. The van der Waals surface area contributed by atoms with Crippen LogP contribution in [-0.2, 0) is 16.1 Å². The Bertz CT molecular complexity index is 1310. The van der Waals surface area contributed by atoms with Gasteiger partial charge in [-0.05, 0) is 44.2 Å². The average molecular weight is 488 g/mol. The van der Waals surface area contributed by atoms with Gasteiger partial charge in [0.2, 0.25) is 5.82 Å². The summed E-state index contributed by atoms with van der Waals surface area (Å²) in [6, 6.07) is 12.5. The average Bonchev–Trinajstić information content (AvgIpc) is 3.27. The number of benzene rings is 2. The molecule has 10 heteroatoms. The number of pyridine rings is 1. The number of carbonyl (C=O) groups excluding carboxylic acids is 1. The smallest absolute Gasteiger partial charge is 0.344 e. The number of carbonyl (C=O) groups is 1. The lowest BCUT2D eigenvalue weighted by Crippen LogP contribution is -2.15. The largest absolute Gasteiger partial charge is 0.493 e. The number of esters is 1. The van der Waals surface area contributed by atoms with Gasteiger partial charge in [0.05, 0.1) is 22.2 Å². The quantitative estimate of drug-likeness (QED) is 0.304. The molecule has 0 N–H and O–H groups in total. The minimum absolute atomic E-state index is 0.136. The molecule has 2 aromatic carbocycles. The van der Waals surface area contributed by atoms with Crippen molar-refractivity contribution >= 4 is 40.1 Å². The van der Waals surface area contributed by atoms with Gasteiger partial charge in [-0.3, -0.25) is 0 Å². The molecule has 0 spiro atoms. The minimum atomic E-state index is -0.642. The summed E-state index contributed by atoms with van der Waals surface area (Å²) < 4.78 is 21.6. The molecule has 0 saturated carbocycles. The van der Waals surface area contributed by atoms with Gasteiger partial charge < -0.3 is 18.7 Å². The monoisotopic (exact) mass is 487 g/mol. The van der Waals surface area contributed by atoms with E-state index < -0.39 is 5.97 Å². The predicted octanol–water partition coefficient (Wildman–Crippen LogP) is 5.42. The molecule has 170 valence electrons. The maximum Gasteiger partial charge on any atom is 0.344 e. The molecular weight excluding hydrogens is 469 g/mol. The van der Waals surface area contributed by atoms with Gasteiger partial charge >= 0.3 is 5.97 Å². The van der Waals surface area contributed by atoms with Crippen molar-refractivity contribution in [2.24, 2.45) is 0 Å². The van der Waals surface area contributed by atoms with Gasteiger partial charge in [0.1, 0.15) is 11.3 Å². The molecule has 0 bridgehead atoms. The number of rotatable bonds is 8. The van der Waals surface area contributed by atoms with Gasteiger partial charge in [0.15, 0.2) is 19.0 Å². The van der Waals surface area contributed by atoms with Crippen LogP contribution in [0.15, 0.2) is 47.0 Å². The van der Waals surface area contributed by atoms with E-state index in [1.54, 1.807) is 6.07 Å². The first kappa shape index (κ1) is 22.8. The third-order valence-electron chi connectivity index (χ3n) is 4.56. The van der Waals surface area contributed by atoms with Gasteiger partial charge in [0, 0.05) is 11.1 Å². The zero-order valence-corrected chi connectivity index (χ0v) is 19.3. The number of aryl methyl sites for hydroxylation is 1. The predicted molar refractivity (Wildman–Crippen MR) is 123 cm³/mol. The fourth-order valence-corrected chi connectivity index (χ4v) is 3.67. The van der Waals surface area contributed by atoms with Crippen LogP contribution in [0.25, 0.3) is 22.3 Å². The number of para-hydroxylation sites is 1. The van der Waals surface area contributed by atoms with Crippen molar-refractivity contribution in [1.29, 1.82) is 0 Å². The minimum Gasteiger partial charge on any atom is -0.493 e. The molecule has 2 aromatic heterocycles. The first-order chi connectivity index (χ1) is 16.0. The number of hydrogen-bond donors (Lipinski definition) is 0.